The zero-order valence-corrected chi connectivity index (χ0v) is 11.3. The molecule has 92 valence electrons. The SMILES string of the molecule is Cc1cc(C(=O)c2ccc(Br)cc2N)ccc1F. The number of benzene rings is 2. The second kappa shape index (κ2) is 4.90. The van der Waals surface area contributed by atoms with Crippen LogP contribution in [0.4, 0.5) is 10.1 Å². The Labute approximate surface area is 113 Å². The lowest BCUT2D eigenvalue weighted by Crippen LogP contribution is -2.06. The maximum atomic E-state index is 13.2. The molecule has 18 heavy (non-hydrogen) atoms. The number of anilines is 1. The van der Waals surface area contributed by atoms with E-state index in [4.69, 9.17) is 5.73 Å². The number of hydrogen-bond donors (Lipinski definition) is 1. The van der Waals surface area contributed by atoms with E-state index in [-0.39, 0.29) is 11.6 Å². The highest BCUT2D eigenvalue weighted by molar-refractivity contribution is 9.10. The number of hydrogen-bond acceptors (Lipinski definition) is 2. The van der Waals surface area contributed by atoms with Gasteiger partial charge < -0.3 is 5.73 Å². The molecule has 0 saturated heterocycles. The van der Waals surface area contributed by atoms with Crippen LogP contribution in [0, 0.1) is 12.7 Å². The molecule has 2 N–H and O–H groups in total. The standard InChI is InChI=1S/C14H11BrFNO/c1-8-6-9(2-5-12(8)16)14(18)11-4-3-10(15)7-13(11)17/h2-7H,17H2,1H3. The fourth-order valence-corrected chi connectivity index (χ4v) is 2.06. The summed E-state index contributed by atoms with van der Waals surface area (Å²) in [6, 6.07) is 9.35. The predicted octanol–water partition coefficient (Wildman–Crippen LogP) is 3.71. The molecule has 0 spiro atoms. The van der Waals surface area contributed by atoms with Crippen LogP contribution in [0.25, 0.3) is 0 Å². The molecule has 2 nitrogen and oxygen atoms in total. The Kier molecular flexibility index (Phi) is 3.48. The van der Waals surface area contributed by atoms with Crippen LogP contribution in [0.3, 0.4) is 0 Å². The van der Waals surface area contributed by atoms with Crippen molar-refractivity contribution in [2.24, 2.45) is 0 Å². The monoisotopic (exact) mass is 307 g/mol. The van der Waals surface area contributed by atoms with E-state index in [0.29, 0.717) is 22.4 Å². The van der Waals surface area contributed by atoms with E-state index >= 15 is 0 Å². The summed E-state index contributed by atoms with van der Waals surface area (Å²) in [6.45, 7) is 1.62. The largest absolute Gasteiger partial charge is 0.398 e. The average molecular weight is 308 g/mol. The number of carbonyl (C=O) groups excluding carboxylic acids is 1. The molecule has 0 aliphatic rings. The molecule has 2 rings (SSSR count). The zero-order valence-electron chi connectivity index (χ0n) is 9.71. The Hall–Kier alpha value is -1.68. The molecule has 0 heterocycles. The molecule has 0 aliphatic carbocycles. The molecule has 2 aromatic carbocycles. The molecule has 4 heteroatoms. The summed E-state index contributed by atoms with van der Waals surface area (Å²) in [5.41, 5.74) is 7.50. The first-order valence-electron chi connectivity index (χ1n) is 5.35. The van der Waals surface area contributed by atoms with Gasteiger partial charge in [-0.2, -0.15) is 0 Å². The third-order valence-corrected chi connectivity index (χ3v) is 3.17. The van der Waals surface area contributed by atoms with Crippen LogP contribution >= 0.6 is 15.9 Å². The van der Waals surface area contributed by atoms with Gasteiger partial charge in [-0.15, -0.1) is 0 Å². The molecule has 0 radical (unpaired) electrons. The van der Waals surface area contributed by atoms with Gasteiger partial charge in [0.15, 0.2) is 5.78 Å². The van der Waals surface area contributed by atoms with E-state index in [1.54, 1.807) is 25.1 Å². The van der Waals surface area contributed by atoms with Crippen LogP contribution < -0.4 is 5.73 Å². The molecular formula is C14H11BrFNO. The van der Waals surface area contributed by atoms with E-state index in [0.717, 1.165) is 4.47 Å². The Bertz CT molecular complexity index is 625. The highest BCUT2D eigenvalue weighted by atomic mass is 79.9. The molecule has 0 aliphatic heterocycles. The van der Waals surface area contributed by atoms with Gasteiger partial charge in [-0.3, -0.25) is 4.79 Å². The fourth-order valence-electron chi connectivity index (χ4n) is 1.68. The predicted molar refractivity (Wildman–Crippen MR) is 73.1 cm³/mol. The summed E-state index contributed by atoms with van der Waals surface area (Å²) in [7, 11) is 0. The molecule has 0 atom stereocenters. The molecule has 0 saturated carbocycles. The number of carbonyl (C=O) groups is 1. The van der Waals surface area contributed by atoms with Crippen LogP contribution in [-0.4, -0.2) is 5.78 Å². The van der Waals surface area contributed by atoms with E-state index in [1.165, 1.54) is 18.2 Å². The molecule has 0 fully saturated rings. The first kappa shape index (κ1) is 12.8. The number of rotatable bonds is 2. The van der Waals surface area contributed by atoms with Gasteiger partial charge in [-0.25, -0.2) is 4.39 Å². The lowest BCUT2D eigenvalue weighted by molar-refractivity contribution is 0.103. The van der Waals surface area contributed by atoms with Gasteiger partial charge in [0.25, 0.3) is 0 Å². The quantitative estimate of drug-likeness (QED) is 0.679. The van der Waals surface area contributed by atoms with Crippen molar-refractivity contribution in [3.63, 3.8) is 0 Å². The van der Waals surface area contributed by atoms with Crippen LogP contribution in [0.2, 0.25) is 0 Å². The lowest BCUT2D eigenvalue weighted by Gasteiger charge is -2.06. The van der Waals surface area contributed by atoms with Crippen molar-refractivity contribution in [1.29, 1.82) is 0 Å². The van der Waals surface area contributed by atoms with Crippen molar-refractivity contribution in [3.05, 3.63) is 63.4 Å². The smallest absolute Gasteiger partial charge is 0.195 e. The summed E-state index contributed by atoms with van der Waals surface area (Å²) in [4.78, 5) is 12.2. The minimum Gasteiger partial charge on any atom is -0.398 e. The molecule has 2 aromatic rings. The summed E-state index contributed by atoms with van der Waals surface area (Å²) >= 11 is 3.28. The maximum Gasteiger partial charge on any atom is 0.195 e. The Morgan fingerprint density at radius 2 is 1.94 bits per heavy atom. The van der Waals surface area contributed by atoms with Crippen molar-refractivity contribution in [3.8, 4) is 0 Å². The first-order chi connectivity index (χ1) is 8.49. The van der Waals surface area contributed by atoms with Crippen LogP contribution in [-0.2, 0) is 0 Å². The van der Waals surface area contributed by atoms with Crippen LogP contribution in [0.15, 0.2) is 40.9 Å². The Morgan fingerprint density at radius 1 is 1.22 bits per heavy atom. The molecule has 0 bridgehead atoms. The van der Waals surface area contributed by atoms with Gasteiger partial charge in [0, 0.05) is 21.3 Å². The fraction of sp³-hybridized carbons (Fsp3) is 0.0714. The third-order valence-electron chi connectivity index (χ3n) is 2.68. The average Bonchev–Trinajstić information content (AvgIpc) is 2.32. The number of nitrogen functional groups attached to an aromatic ring is 1. The molecule has 0 aromatic heterocycles. The van der Waals surface area contributed by atoms with Gasteiger partial charge in [0.1, 0.15) is 5.82 Å². The van der Waals surface area contributed by atoms with Crippen molar-refractivity contribution in [2.75, 3.05) is 5.73 Å². The minimum absolute atomic E-state index is 0.205. The van der Waals surface area contributed by atoms with Crippen LogP contribution in [0.5, 0.6) is 0 Å². The van der Waals surface area contributed by atoms with Crippen LogP contribution in [0.1, 0.15) is 21.5 Å². The summed E-state index contributed by atoms with van der Waals surface area (Å²) in [5.74, 6) is -0.529. The van der Waals surface area contributed by atoms with Crippen molar-refractivity contribution >= 4 is 27.4 Å². The molecule has 0 amide bonds. The van der Waals surface area contributed by atoms with Crippen molar-refractivity contribution in [2.45, 2.75) is 6.92 Å². The first-order valence-corrected chi connectivity index (χ1v) is 6.14. The number of nitrogens with two attached hydrogens (primary N) is 1. The van der Waals surface area contributed by atoms with E-state index in [1.807, 2.05) is 0 Å². The Morgan fingerprint density at radius 3 is 2.56 bits per heavy atom. The van der Waals surface area contributed by atoms with Gasteiger partial charge >= 0.3 is 0 Å². The van der Waals surface area contributed by atoms with Gasteiger partial charge in [0.2, 0.25) is 0 Å². The highest BCUT2D eigenvalue weighted by Crippen LogP contribution is 2.22. The van der Waals surface area contributed by atoms with E-state index < -0.39 is 0 Å². The van der Waals surface area contributed by atoms with Gasteiger partial charge in [0.05, 0.1) is 0 Å². The van der Waals surface area contributed by atoms with E-state index in [2.05, 4.69) is 15.9 Å². The minimum atomic E-state index is -0.324. The Balaban J connectivity index is 2.44. The lowest BCUT2D eigenvalue weighted by atomic mass is 10.0. The summed E-state index contributed by atoms with van der Waals surface area (Å²) in [5, 5.41) is 0. The third kappa shape index (κ3) is 2.43. The van der Waals surface area contributed by atoms with Crippen molar-refractivity contribution < 1.29 is 9.18 Å². The number of halogens is 2. The van der Waals surface area contributed by atoms with Gasteiger partial charge in [-0.05, 0) is 48.9 Å². The number of aryl methyl sites for hydroxylation is 1. The summed E-state index contributed by atoms with van der Waals surface area (Å²) in [6.07, 6.45) is 0. The molecular weight excluding hydrogens is 297 g/mol. The second-order valence-electron chi connectivity index (χ2n) is 4.02. The molecule has 0 unspecified atom stereocenters. The topological polar surface area (TPSA) is 43.1 Å². The van der Waals surface area contributed by atoms with Gasteiger partial charge in [-0.1, -0.05) is 15.9 Å². The summed E-state index contributed by atoms with van der Waals surface area (Å²) < 4.78 is 14.0. The maximum absolute atomic E-state index is 13.2. The normalized spacial score (nSPS) is 10.4. The second-order valence-corrected chi connectivity index (χ2v) is 4.94. The number of ketones is 1. The highest BCUT2D eigenvalue weighted by Gasteiger charge is 2.13. The van der Waals surface area contributed by atoms with E-state index in [9.17, 15) is 9.18 Å². The van der Waals surface area contributed by atoms with Crippen molar-refractivity contribution in [1.82, 2.24) is 0 Å². The zero-order chi connectivity index (χ0) is 13.3.